The van der Waals surface area contributed by atoms with E-state index >= 15 is 0 Å². The Morgan fingerprint density at radius 2 is 1.12 bits per heavy atom. The first-order valence-electron chi connectivity index (χ1n) is 16.7. The largest absolute Gasteiger partial charge is 0.455 e. The summed E-state index contributed by atoms with van der Waals surface area (Å²) in [7, 11) is 0. The fourth-order valence-electron chi connectivity index (χ4n) is 8.12. The lowest BCUT2D eigenvalue weighted by molar-refractivity contribution is 0.662. The van der Waals surface area contributed by atoms with Crippen LogP contribution in [0.5, 0.6) is 0 Å². The van der Waals surface area contributed by atoms with Crippen LogP contribution in [0.25, 0.3) is 114 Å². The molecule has 0 aliphatic rings. The highest BCUT2D eigenvalue weighted by Crippen LogP contribution is 2.48. The van der Waals surface area contributed by atoms with Crippen molar-refractivity contribution >= 4 is 108 Å². The van der Waals surface area contributed by atoms with E-state index in [1.807, 2.05) is 47.7 Å². The molecule has 0 aliphatic heterocycles. The van der Waals surface area contributed by atoms with Gasteiger partial charge in [-0.2, -0.15) is 0 Å². The molecule has 6 heteroatoms. The number of furan rings is 2. The van der Waals surface area contributed by atoms with Gasteiger partial charge in [-0.05, 0) is 36.4 Å². The van der Waals surface area contributed by atoms with Gasteiger partial charge in [0.1, 0.15) is 28.0 Å². The van der Waals surface area contributed by atoms with Crippen molar-refractivity contribution in [3.05, 3.63) is 140 Å². The van der Waals surface area contributed by atoms with Crippen molar-refractivity contribution < 1.29 is 8.83 Å². The number of aromatic nitrogens is 3. The molecule has 7 aromatic carbocycles. The van der Waals surface area contributed by atoms with E-state index in [1.54, 1.807) is 0 Å². The molecule has 5 heterocycles. The molecule has 232 valence electrons. The summed E-state index contributed by atoms with van der Waals surface area (Å²) in [5, 5.41) is 10.4. The molecule has 5 nitrogen and oxygen atoms in total. The summed E-state index contributed by atoms with van der Waals surface area (Å²) in [6, 6.07) is 48.7. The Hall–Kier alpha value is -6.50. The summed E-state index contributed by atoms with van der Waals surface area (Å²) < 4.78 is 18.0. The number of benzene rings is 7. The van der Waals surface area contributed by atoms with E-state index in [-0.39, 0.29) is 0 Å². The molecule has 0 unspecified atom stereocenters. The van der Waals surface area contributed by atoms with E-state index in [0.29, 0.717) is 17.2 Å². The SMILES string of the molecule is c1ccc2c(c1)oc1c(-c3nc(-n4c5ccccc5c5c6c7ccccc7sc6c6ccccc6c54)nc4c3oc3ccccc34)cccc12. The molecule has 0 bridgehead atoms. The third-order valence-corrected chi connectivity index (χ3v) is 11.4. The number of nitrogens with zero attached hydrogens (tertiary/aromatic N) is 3. The van der Waals surface area contributed by atoms with Crippen molar-refractivity contribution in [2.75, 3.05) is 0 Å². The van der Waals surface area contributed by atoms with E-state index in [0.717, 1.165) is 55.0 Å². The van der Waals surface area contributed by atoms with Crippen LogP contribution in [-0.2, 0) is 0 Å². The molecule has 0 spiro atoms. The molecular weight excluding hydrogens is 635 g/mol. The Morgan fingerprint density at radius 1 is 0.480 bits per heavy atom. The Morgan fingerprint density at radius 3 is 1.98 bits per heavy atom. The summed E-state index contributed by atoms with van der Waals surface area (Å²) in [5.74, 6) is 0.586. The van der Waals surface area contributed by atoms with Crippen LogP contribution in [0.2, 0.25) is 0 Å². The highest BCUT2D eigenvalue weighted by Gasteiger charge is 2.26. The highest BCUT2D eigenvalue weighted by atomic mass is 32.1. The predicted molar refractivity (Wildman–Crippen MR) is 207 cm³/mol. The lowest BCUT2D eigenvalue weighted by Gasteiger charge is -2.11. The smallest absolute Gasteiger partial charge is 0.236 e. The molecule has 50 heavy (non-hydrogen) atoms. The van der Waals surface area contributed by atoms with Crippen LogP contribution in [0.4, 0.5) is 0 Å². The Labute approximate surface area is 287 Å². The predicted octanol–water partition coefficient (Wildman–Crippen LogP) is 12.6. The number of thiophene rings is 1. The second kappa shape index (κ2) is 9.56. The maximum atomic E-state index is 6.60. The molecule has 0 fully saturated rings. The van der Waals surface area contributed by atoms with E-state index in [2.05, 4.69) is 108 Å². The molecule has 0 atom stereocenters. The molecule has 0 N–H and O–H groups in total. The first kappa shape index (κ1) is 26.5. The van der Waals surface area contributed by atoms with Crippen molar-refractivity contribution in [1.82, 2.24) is 14.5 Å². The quantitative estimate of drug-likeness (QED) is 0.186. The van der Waals surface area contributed by atoms with E-state index < -0.39 is 0 Å². The van der Waals surface area contributed by atoms with Crippen molar-refractivity contribution in [2.24, 2.45) is 0 Å². The van der Waals surface area contributed by atoms with Crippen LogP contribution in [0.15, 0.2) is 148 Å². The Kier molecular flexibility index (Phi) is 5.06. The molecule has 12 aromatic rings. The molecule has 0 saturated heterocycles. The van der Waals surface area contributed by atoms with Crippen molar-refractivity contribution in [3.8, 4) is 17.2 Å². The van der Waals surface area contributed by atoms with Crippen LogP contribution in [0, 0.1) is 0 Å². The Balaban J connectivity index is 1.30. The minimum Gasteiger partial charge on any atom is -0.455 e. The number of hydrogen-bond donors (Lipinski definition) is 0. The van der Waals surface area contributed by atoms with Crippen LogP contribution >= 0.6 is 11.3 Å². The van der Waals surface area contributed by atoms with E-state index in [4.69, 9.17) is 18.8 Å². The molecule has 12 rings (SSSR count). The standard InChI is InChI=1S/C44H23N3O2S/c1-2-14-27-25(13-1)40-36(37-30-17-6-10-23-35(30)50-43(27)37)28-15-3-7-20-32(28)47(40)44-45-38-29-16-5-9-22-34(29)49-42(38)39(46-44)31-19-11-18-26-24-12-4-8-21-33(24)48-41(26)31/h1-23H. The number of para-hydroxylation sites is 4. The Bertz CT molecular complexity index is 3400. The first-order chi connectivity index (χ1) is 24.8. The van der Waals surface area contributed by atoms with Gasteiger partial charge in [0.05, 0.1) is 11.0 Å². The molecule has 5 aromatic heterocycles. The first-order valence-corrected chi connectivity index (χ1v) is 17.5. The average Bonchev–Trinajstić information content (AvgIpc) is 3.93. The summed E-state index contributed by atoms with van der Waals surface area (Å²) >= 11 is 1.86. The zero-order valence-electron chi connectivity index (χ0n) is 26.3. The zero-order chi connectivity index (χ0) is 32.5. The minimum atomic E-state index is 0.586. The van der Waals surface area contributed by atoms with Crippen LogP contribution < -0.4 is 0 Å². The normalized spacial score (nSPS) is 12.4. The van der Waals surface area contributed by atoms with Gasteiger partial charge in [-0.15, -0.1) is 11.3 Å². The summed E-state index contributed by atoms with van der Waals surface area (Å²) in [6.45, 7) is 0. The molecule has 0 saturated carbocycles. The molecule has 0 aliphatic carbocycles. The van der Waals surface area contributed by atoms with E-state index in [9.17, 15) is 0 Å². The van der Waals surface area contributed by atoms with Gasteiger partial charge in [0.2, 0.25) is 5.95 Å². The van der Waals surface area contributed by atoms with Gasteiger partial charge in [-0.25, -0.2) is 9.97 Å². The number of rotatable bonds is 2. The second-order valence-corrected chi connectivity index (χ2v) is 13.9. The number of hydrogen-bond acceptors (Lipinski definition) is 5. The maximum absolute atomic E-state index is 6.60. The lowest BCUT2D eigenvalue weighted by atomic mass is 10.00. The van der Waals surface area contributed by atoms with E-state index in [1.165, 1.54) is 41.7 Å². The topological polar surface area (TPSA) is 57.0 Å². The van der Waals surface area contributed by atoms with Gasteiger partial charge >= 0.3 is 0 Å². The van der Waals surface area contributed by atoms with Gasteiger partial charge in [-0.1, -0.05) is 103 Å². The maximum Gasteiger partial charge on any atom is 0.236 e. The van der Waals surface area contributed by atoms with Gasteiger partial charge in [0.15, 0.2) is 5.58 Å². The van der Waals surface area contributed by atoms with Gasteiger partial charge < -0.3 is 8.83 Å². The second-order valence-electron chi connectivity index (χ2n) is 12.9. The molecule has 0 radical (unpaired) electrons. The third-order valence-electron chi connectivity index (χ3n) is 10.2. The molecule has 0 amide bonds. The number of fused-ring (bicyclic) bond motifs is 16. The lowest BCUT2D eigenvalue weighted by Crippen LogP contribution is -2.03. The van der Waals surface area contributed by atoms with Crippen molar-refractivity contribution in [1.29, 1.82) is 0 Å². The summed E-state index contributed by atoms with van der Waals surface area (Å²) in [6.07, 6.45) is 0. The van der Waals surface area contributed by atoms with Crippen LogP contribution in [0.1, 0.15) is 0 Å². The fraction of sp³-hybridized carbons (Fsp3) is 0. The van der Waals surface area contributed by atoms with Crippen molar-refractivity contribution in [2.45, 2.75) is 0 Å². The van der Waals surface area contributed by atoms with Crippen LogP contribution in [-0.4, -0.2) is 14.5 Å². The minimum absolute atomic E-state index is 0.586. The van der Waals surface area contributed by atoms with Gasteiger partial charge in [-0.3, -0.25) is 4.57 Å². The molecular formula is C44H23N3O2S. The highest BCUT2D eigenvalue weighted by molar-refractivity contribution is 7.27. The summed E-state index contributed by atoms with van der Waals surface area (Å²) in [5.41, 5.74) is 7.50. The fourth-order valence-corrected chi connectivity index (χ4v) is 9.37. The monoisotopic (exact) mass is 657 g/mol. The average molecular weight is 658 g/mol. The van der Waals surface area contributed by atoms with Crippen LogP contribution in [0.3, 0.4) is 0 Å². The van der Waals surface area contributed by atoms with Gasteiger partial charge in [0.25, 0.3) is 0 Å². The summed E-state index contributed by atoms with van der Waals surface area (Å²) in [4.78, 5) is 10.8. The zero-order valence-corrected chi connectivity index (χ0v) is 27.2. The van der Waals surface area contributed by atoms with Gasteiger partial charge in [0, 0.05) is 63.4 Å². The third kappa shape index (κ3) is 3.35. The van der Waals surface area contributed by atoms with Crippen molar-refractivity contribution in [3.63, 3.8) is 0 Å².